The molecule has 0 spiro atoms. The molecule has 0 unspecified atom stereocenters. The number of aromatic nitrogens is 2. The number of methoxy groups -OCH3 is 1. The van der Waals surface area contributed by atoms with Gasteiger partial charge in [-0.2, -0.15) is 5.10 Å². The molecule has 0 aliphatic heterocycles. The second-order valence-corrected chi connectivity index (χ2v) is 5.15. The van der Waals surface area contributed by atoms with E-state index in [1.54, 1.807) is 7.11 Å². The third-order valence-electron chi connectivity index (χ3n) is 3.00. The van der Waals surface area contributed by atoms with Gasteiger partial charge >= 0.3 is 0 Å². The van der Waals surface area contributed by atoms with E-state index in [1.807, 2.05) is 10.9 Å². The van der Waals surface area contributed by atoms with Crippen molar-refractivity contribution in [2.24, 2.45) is 5.41 Å². The summed E-state index contributed by atoms with van der Waals surface area (Å²) >= 11 is 0. The lowest BCUT2D eigenvalue weighted by Gasteiger charge is -2.24. The molecule has 0 bridgehead atoms. The largest absolute Gasteiger partial charge is 0.385 e. The molecule has 0 saturated carbocycles. The number of nitrogens with one attached hydrogen (secondary N) is 1. The van der Waals surface area contributed by atoms with Gasteiger partial charge in [-0.25, -0.2) is 0 Å². The molecule has 0 radical (unpaired) electrons. The molecule has 0 fully saturated rings. The Balaban J connectivity index is 2.32. The van der Waals surface area contributed by atoms with Gasteiger partial charge in [0.25, 0.3) is 0 Å². The smallest absolute Gasteiger partial charge is 0.0521 e. The van der Waals surface area contributed by atoms with Crippen LogP contribution in [-0.4, -0.2) is 30.0 Å². The van der Waals surface area contributed by atoms with Crippen LogP contribution in [0.5, 0.6) is 0 Å². The summed E-state index contributed by atoms with van der Waals surface area (Å²) in [5.41, 5.74) is 1.52. The average molecular weight is 239 g/mol. The summed E-state index contributed by atoms with van der Waals surface area (Å²) in [7, 11) is 1.75. The van der Waals surface area contributed by atoms with Crippen LogP contribution in [0.3, 0.4) is 0 Å². The van der Waals surface area contributed by atoms with Crippen LogP contribution in [0.25, 0.3) is 0 Å². The predicted molar refractivity (Wildman–Crippen MR) is 69.9 cm³/mol. The Kier molecular flexibility index (Phi) is 5.65. The van der Waals surface area contributed by atoms with E-state index < -0.39 is 0 Å². The SMILES string of the molecule is CCn1nccc1CNCC(C)(C)CCOC. The molecular weight excluding hydrogens is 214 g/mol. The summed E-state index contributed by atoms with van der Waals surface area (Å²) in [6.07, 6.45) is 2.93. The Morgan fingerprint density at radius 1 is 1.47 bits per heavy atom. The summed E-state index contributed by atoms with van der Waals surface area (Å²) in [6, 6.07) is 2.07. The minimum Gasteiger partial charge on any atom is -0.385 e. The van der Waals surface area contributed by atoms with Crippen molar-refractivity contribution in [2.45, 2.75) is 40.3 Å². The lowest BCUT2D eigenvalue weighted by Crippen LogP contribution is -2.30. The number of rotatable bonds is 8. The normalized spacial score (nSPS) is 12.0. The molecule has 0 aliphatic carbocycles. The Morgan fingerprint density at radius 2 is 2.24 bits per heavy atom. The van der Waals surface area contributed by atoms with Crippen molar-refractivity contribution < 1.29 is 4.74 Å². The first-order valence-corrected chi connectivity index (χ1v) is 6.29. The van der Waals surface area contributed by atoms with Gasteiger partial charge in [0.15, 0.2) is 0 Å². The van der Waals surface area contributed by atoms with E-state index >= 15 is 0 Å². The molecule has 0 saturated heterocycles. The van der Waals surface area contributed by atoms with Gasteiger partial charge in [0.1, 0.15) is 0 Å². The van der Waals surface area contributed by atoms with Crippen molar-refractivity contribution in [3.8, 4) is 0 Å². The van der Waals surface area contributed by atoms with Gasteiger partial charge in [0.2, 0.25) is 0 Å². The van der Waals surface area contributed by atoms with Gasteiger partial charge in [-0.1, -0.05) is 13.8 Å². The molecular formula is C13H25N3O. The second kappa shape index (κ2) is 6.77. The van der Waals surface area contributed by atoms with Crippen molar-refractivity contribution in [1.29, 1.82) is 0 Å². The zero-order valence-corrected chi connectivity index (χ0v) is 11.5. The first-order chi connectivity index (χ1) is 8.09. The Bertz CT molecular complexity index is 320. The fourth-order valence-corrected chi connectivity index (χ4v) is 1.79. The monoisotopic (exact) mass is 239 g/mol. The molecule has 4 nitrogen and oxygen atoms in total. The van der Waals surface area contributed by atoms with Crippen LogP contribution in [0.15, 0.2) is 12.3 Å². The van der Waals surface area contributed by atoms with Crippen LogP contribution in [-0.2, 0) is 17.8 Å². The molecule has 98 valence electrons. The molecule has 1 rings (SSSR count). The highest BCUT2D eigenvalue weighted by Crippen LogP contribution is 2.18. The maximum atomic E-state index is 5.12. The molecule has 0 atom stereocenters. The van der Waals surface area contributed by atoms with E-state index in [0.29, 0.717) is 0 Å². The van der Waals surface area contributed by atoms with E-state index in [-0.39, 0.29) is 5.41 Å². The van der Waals surface area contributed by atoms with Gasteiger partial charge < -0.3 is 10.1 Å². The number of hydrogen-bond donors (Lipinski definition) is 1. The molecule has 17 heavy (non-hydrogen) atoms. The van der Waals surface area contributed by atoms with Gasteiger partial charge in [0, 0.05) is 39.5 Å². The van der Waals surface area contributed by atoms with Crippen LogP contribution < -0.4 is 5.32 Å². The lowest BCUT2D eigenvalue weighted by atomic mass is 9.90. The van der Waals surface area contributed by atoms with Crippen LogP contribution in [0.4, 0.5) is 0 Å². The number of hydrogen-bond acceptors (Lipinski definition) is 3. The van der Waals surface area contributed by atoms with Crippen LogP contribution in [0, 0.1) is 5.41 Å². The zero-order valence-electron chi connectivity index (χ0n) is 11.5. The quantitative estimate of drug-likeness (QED) is 0.754. The summed E-state index contributed by atoms with van der Waals surface area (Å²) in [5.74, 6) is 0. The number of ether oxygens (including phenoxy) is 1. The minimum atomic E-state index is 0.271. The number of aryl methyl sites for hydroxylation is 1. The fraction of sp³-hybridized carbons (Fsp3) is 0.769. The van der Waals surface area contributed by atoms with E-state index in [0.717, 1.165) is 32.7 Å². The van der Waals surface area contributed by atoms with Crippen LogP contribution >= 0.6 is 0 Å². The molecule has 1 aromatic rings. The maximum Gasteiger partial charge on any atom is 0.0521 e. The molecule has 0 amide bonds. The molecule has 1 aromatic heterocycles. The predicted octanol–water partition coefficient (Wildman–Crippen LogP) is 2.06. The van der Waals surface area contributed by atoms with E-state index in [2.05, 4.69) is 37.3 Å². The molecule has 0 aromatic carbocycles. The second-order valence-electron chi connectivity index (χ2n) is 5.15. The van der Waals surface area contributed by atoms with Crippen molar-refractivity contribution in [3.05, 3.63) is 18.0 Å². The standard InChI is InChI=1S/C13H25N3O/c1-5-16-12(6-8-15-16)10-14-11-13(2,3)7-9-17-4/h6,8,14H,5,7,9-11H2,1-4H3. The van der Waals surface area contributed by atoms with Crippen LogP contribution in [0.1, 0.15) is 32.9 Å². The molecule has 1 N–H and O–H groups in total. The van der Waals surface area contributed by atoms with Crippen LogP contribution in [0.2, 0.25) is 0 Å². The number of nitrogens with zero attached hydrogens (tertiary/aromatic N) is 2. The van der Waals surface area contributed by atoms with Crippen molar-refractivity contribution >= 4 is 0 Å². The fourth-order valence-electron chi connectivity index (χ4n) is 1.79. The van der Waals surface area contributed by atoms with Gasteiger partial charge in [-0.3, -0.25) is 4.68 Å². The highest BCUT2D eigenvalue weighted by molar-refractivity contribution is 4.99. The third-order valence-corrected chi connectivity index (χ3v) is 3.00. The molecule has 4 heteroatoms. The highest BCUT2D eigenvalue weighted by Gasteiger charge is 2.16. The van der Waals surface area contributed by atoms with Crippen molar-refractivity contribution in [2.75, 3.05) is 20.3 Å². The Morgan fingerprint density at radius 3 is 2.88 bits per heavy atom. The maximum absolute atomic E-state index is 5.12. The zero-order chi connectivity index (χ0) is 12.7. The summed E-state index contributed by atoms with van der Waals surface area (Å²) < 4.78 is 7.15. The Labute approximate surface area is 104 Å². The van der Waals surface area contributed by atoms with Gasteiger partial charge in [-0.15, -0.1) is 0 Å². The topological polar surface area (TPSA) is 39.1 Å². The van der Waals surface area contributed by atoms with Gasteiger partial charge in [-0.05, 0) is 24.8 Å². The highest BCUT2D eigenvalue weighted by atomic mass is 16.5. The third kappa shape index (κ3) is 4.88. The van der Waals surface area contributed by atoms with E-state index in [1.165, 1.54) is 5.69 Å². The van der Waals surface area contributed by atoms with Crippen molar-refractivity contribution in [1.82, 2.24) is 15.1 Å². The summed E-state index contributed by atoms with van der Waals surface area (Å²) in [4.78, 5) is 0. The molecule has 0 aliphatic rings. The minimum absolute atomic E-state index is 0.271. The molecule has 1 heterocycles. The lowest BCUT2D eigenvalue weighted by molar-refractivity contribution is 0.150. The van der Waals surface area contributed by atoms with Gasteiger partial charge in [0.05, 0.1) is 5.69 Å². The first kappa shape index (κ1) is 14.2. The van der Waals surface area contributed by atoms with Crippen molar-refractivity contribution in [3.63, 3.8) is 0 Å². The van der Waals surface area contributed by atoms with E-state index in [4.69, 9.17) is 4.74 Å². The summed E-state index contributed by atoms with van der Waals surface area (Å²) in [5, 5.41) is 7.75. The first-order valence-electron chi connectivity index (χ1n) is 6.29. The Hall–Kier alpha value is -0.870. The summed E-state index contributed by atoms with van der Waals surface area (Å²) in [6.45, 7) is 10.2. The van der Waals surface area contributed by atoms with E-state index in [9.17, 15) is 0 Å². The average Bonchev–Trinajstić information content (AvgIpc) is 2.74.